The summed E-state index contributed by atoms with van der Waals surface area (Å²) in [5, 5.41) is 4.37. The molecule has 1 unspecified atom stereocenters. The fraction of sp³-hybridized carbons (Fsp3) is 0.353. The van der Waals surface area contributed by atoms with Crippen molar-refractivity contribution in [1.29, 1.82) is 0 Å². The van der Waals surface area contributed by atoms with E-state index in [2.05, 4.69) is 43.2 Å². The second-order valence-corrected chi connectivity index (χ2v) is 5.62. The zero-order valence-electron chi connectivity index (χ0n) is 12.3. The summed E-state index contributed by atoms with van der Waals surface area (Å²) < 4.78 is 0. The molecule has 0 aliphatic heterocycles. The fourth-order valence-electron chi connectivity index (χ4n) is 2.35. The molecule has 1 atom stereocenters. The van der Waals surface area contributed by atoms with Crippen molar-refractivity contribution < 1.29 is 0 Å². The third kappa shape index (κ3) is 3.59. The lowest BCUT2D eigenvalue weighted by Crippen LogP contribution is -2.24. The van der Waals surface area contributed by atoms with Crippen molar-refractivity contribution in [2.45, 2.75) is 33.2 Å². The Bertz CT molecular complexity index is 581. The molecular formula is C17H21ClN2. The molecule has 2 aromatic rings. The summed E-state index contributed by atoms with van der Waals surface area (Å²) in [6, 6.07) is 8.38. The van der Waals surface area contributed by atoms with Gasteiger partial charge in [0.25, 0.3) is 0 Å². The van der Waals surface area contributed by atoms with E-state index in [4.69, 9.17) is 11.6 Å². The Morgan fingerprint density at radius 1 is 1.20 bits per heavy atom. The Kier molecular flexibility index (Phi) is 5.16. The minimum absolute atomic E-state index is 0.140. The second-order valence-electron chi connectivity index (χ2n) is 5.18. The molecule has 20 heavy (non-hydrogen) atoms. The average Bonchev–Trinajstić information content (AvgIpc) is 2.43. The molecule has 0 aliphatic carbocycles. The van der Waals surface area contributed by atoms with Crippen LogP contribution in [0.3, 0.4) is 0 Å². The third-order valence-corrected chi connectivity index (χ3v) is 3.62. The number of rotatable bonds is 5. The van der Waals surface area contributed by atoms with E-state index >= 15 is 0 Å². The lowest BCUT2D eigenvalue weighted by atomic mass is 9.95. The van der Waals surface area contributed by atoms with Gasteiger partial charge in [0.2, 0.25) is 0 Å². The molecule has 1 aromatic carbocycles. The fourth-order valence-corrected chi connectivity index (χ4v) is 2.54. The molecule has 1 aromatic heterocycles. The number of pyridine rings is 1. The summed E-state index contributed by atoms with van der Waals surface area (Å²) in [4.78, 5) is 4.32. The van der Waals surface area contributed by atoms with Crippen molar-refractivity contribution in [3.63, 3.8) is 0 Å². The first-order valence-corrected chi connectivity index (χ1v) is 7.40. The van der Waals surface area contributed by atoms with Crippen LogP contribution in [0, 0.1) is 13.8 Å². The molecule has 2 rings (SSSR count). The van der Waals surface area contributed by atoms with Crippen LogP contribution in [0.1, 0.15) is 41.6 Å². The highest BCUT2D eigenvalue weighted by atomic mass is 35.5. The van der Waals surface area contributed by atoms with Crippen LogP contribution in [0.5, 0.6) is 0 Å². The summed E-state index contributed by atoms with van der Waals surface area (Å²) in [6.45, 7) is 7.32. The Labute approximate surface area is 126 Å². The van der Waals surface area contributed by atoms with Crippen LogP contribution in [0.25, 0.3) is 0 Å². The maximum atomic E-state index is 6.17. The van der Waals surface area contributed by atoms with Crippen molar-refractivity contribution in [3.8, 4) is 0 Å². The molecule has 2 nitrogen and oxygen atoms in total. The van der Waals surface area contributed by atoms with Crippen LogP contribution in [0.2, 0.25) is 5.02 Å². The summed E-state index contributed by atoms with van der Waals surface area (Å²) in [6.07, 6.45) is 4.90. The number of nitrogens with one attached hydrogen (secondary N) is 1. The molecule has 0 radical (unpaired) electrons. The summed E-state index contributed by atoms with van der Waals surface area (Å²) in [7, 11) is 0. The maximum absolute atomic E-state index is 6.17. The van der Waals surface area contributed by atoms with Crippen molar-refractivity contribution in [3.05, 3.63) is 63.9 Å². The zero-order chi connectivity index (χ0) is 14.5. The SMILES string of the molecule is CCCNC(c1cncc(C)c1)c1cc(Cl)ccc1C. The molecule has 3 heteroatoms. The predicted molar refractivity (Wildman–Crippen MR) is 85.3 cm³/mol. The van der Waals surface area contributed by atoms with Crippen LogP contribution in [0.4, 0.5) is 0 Å². The van der Waals surface area contributed by atoms with E-state index in [1.165, 1.54) is 22.3 Å². The normalized spacial score (nSPS) is 12.4. The van der Waals surface area contributed by atoms with E-state index in [1.54, 1.807) is 0 Å². The molecule has 0 fully saturated rings. The number of nitrogens with zero attached hydrogens (tertiary/aromatic N) is 1. The predicted octanol–water partition coefficient (Wildman–Crippen LogP) is 4.44. The topological polar surface area (TPSA) is 24.9 Å². The summed E-state index contributed by atoms with van der Waals surface area (Å²) in [5.74, 6) is 0. The number of hydrogen-bond donors (Lipinski definition) is 1. The van der Waals surface area contributed by atoms with E-state index in [0.29, 0.717) is 0 Å². The number of aromatic nitrogens is 1. The monoisotopic (exact) mass is 288 g/mol. The Balaban J connectivity index is 2.44. The van der Waals surface area contributed by atoms with E-state index in [0.717, 1.165) is 18.0 Å². The molecule has 0 bridgehead atoms. The number of benzene rings is 1. The molecule has 106 valence electrons. The molecule has 1 heterocycles. The van der Waals surface area contributed by atoms with Gasteiger partial charge in [-0.15, -0.1) is 0 Å². The van der Waals surface area contributed by atoms with Crippen molar-refractivity contribution in [2.75, 3.05) is 6.54 Å². The zero-order valence-corrected chi connectivity index (χ0v) is 13.0. The lowest BCUT2D eigenvalue weighted by molar-refractivity contribution is 0.594. The Morgan fingerprint density at radius 2 is 2.00 bits per heavy atom. The van der Waals surface area contributed by atoms with Gasteiger partial charge in [0.15, 0.2) is 0 Å². The van der Waals surface area contributed by atoms with E-state index in [-0.39, 0.29) is 6.04 Å². The van der Waals surface area contributed by atoms with Gasteiger partial charge in [-0.25, -0.2) is 0 Å². The van der Waals surface area contributed by atoms with Gasteiger partial charge in [-0.3, -0.25) is 4.98 Å². The van der Waals surface area contributed by atoms with Gasteiger partial charge in [0, 0.05) is 17.4 Å². The highest BCUT2D eigenvalue weighted by molar-refractivity contribution is 6.30. The van der Waals surface area contributed by atoms with Gasteiger partial charge in [-0.1, -0.05) is 30.7 Å². The van der Waals surface area contributed by atoms with E-state index in [9.17, 15) is 0 Å². The maximum Gasteiger partial charge on any atom is 0.0595 e. The molecule has 1 N–H and O–H groups in total. The summed E-state index contributed by atoms with van der Waals surface area (Å²) >= 11 is 6.17. The third-order valence-electron chi connectivity index (χ3n) is 3.38. The molecule has 0 saturated heterocycles. The minimum Gasteiger partial charge on any atom is -0.306 e. The van der Waals surface area contributed by atoms with Gasteiger partial charge < -0.3 is 5.32 Å². The molecular weight excluding hydrogens is 268 g/mol. The van der Waals surface area contributed by atoms with Gasteiger partial charge >= 0.3 is 0 Å². The van der Waals surface area contributed by atoms with Crippen LogP contribution >= 0.6 is 11.6 Å². The van der Waals surface area contributed by atoms with Crippen molar-refractivity contribution in [2.24, 2.45) is 0 Å². The first-order valence-electron chi connectivity index (χ1n) is 7.02. The van der Waals surface area contributed by atoms with Crippen LogP contribution < -0.4 is 5.32 Å². The first kappa shape index (κ1) is 15.0. The minimum atomic E-state index is 0.140. The number of hydrogen-bond acceptors (Lipinski definition) is 2. The largest absolute Gasteiger partial charge is 0.306 e. The lowest BCUT2D eigenvalue weighted by Gasteiger charge is -2.22. The van der Waals surface area contributed by atoms with E-state index in [1.807, 2.05) is 24.5 Å². The van der Waals surface area contributed by atoms with Gasteiger partial charge in [0.05, 0.1) is 6.04 Å². The van der Waals surface area contributed by atoms with Crippen LogP contribution in [-0.2, 0) is 0 Å². The quantitative estimate of drug-likeness (QED) is 0.880. The van der Waals surface area contributed by atoms with Crippen LogP contribution in [-0.4, -0.2) is 11.5 Å². The van der Waals surface area contributed by atoms with Gasteiger partial charge in [-0.2, -0.15) is 0 Å². The first-order chi connectivity index (χ1) is 9.61. The molecule has 0 spiro atoms. The Hall–Kier alpha value is -1.38. The average molecular weight is 289 g/mol. The van der Waals surface area contributed by atoms with Crippen LogP contribution in [0.15, 0.2) is 36.7 Å². The number of halogens is 1. The highest BCUT2D eigenvalue weighted by Gasteiger charge is 2.16. The number of aryl methyl sites for hydroxylation is 2. The Morgan fingerprint density at radius 3 is 2.70 bits per heavy atom. The molecule has 0 amide bonds. The summed E-state index contributed by atoms with van der Waals surface area (Å²) in [5.41, 5.74) is 4.82. The highest BCUT2D eigenvalue weighted by Crippen LogP contribution is 2.27. The second kappa shape index (κ2) is 6.87. The van der Waals surface area contributed by atoms with E-state index < -0.39 is 0 Å². The van der Waals surface area contributed by atoms with Gasteiger partial charge in [0.1, 0.15) is 0 Å². The van der Waals surface area contributed by atoms with Gasteiger partial charge in [-0.05, 0) is 61.2 Å². The van der Waals surface area contributed by atoms with Crippen molar-refractivity contribution >= 4 is 11.6 Å². The molecule has 0 saturated carbocycles. The smallest absolute Gasteiger partial charge is 0.0595 e. The van der Waals surface area contributed by atoms with Crippen molar-refractivity contribution in [1.82, 2.24) is 10.3 Å². The molecule has 0 aliphatic rings. The standard InChI is InChI=1S/C17H21ClN2/c1-4-7-20-17(14-8-12(2)10-19-11-14)16-9-15(18)6-5-13(16)3/h5-6,8-11,17,20H,4,7H2,1-3H3.